The van der Waals surface area contributed by atoms with Crippen LogP contribution in [0.2, 0.25) is 0 Å². The number of rotatable bonds is 0. The van der Waals surface area contributed by atoms with Crippen molar-refractivity contribution in [2.45, 2.75) is 13.1 Å². The number of hydrogen-bond acceptors (Lipinski definition) is 2. The average Bonchev–Trinajstić information content (AvgIpc) is 2.12. The maximum atomic E-state index is 12.4. The zero-order chi connectivity index (χ0) is 11.8. The molecule has 0 bridgehead atoms. The van der Waals surface area contributed by atoms with Gasteiger partial charge in [0.1, 0.15) is 11.6 Å². The van der Waals surface area contributed by atoms with E-state index in [1.54, 1.807) is 0 Å². The molecule has 0 spiro atoms. The Morgan fingerprint density at radius 3 is 2.40 bits per heavy atom. The first kappa shape index (κ1) is 11.3. The second kappa shape index (κ2) is 3.42. The normalized spacial score (nSPS) is 11.2. The van der Waals surface area contributed by atoms with Gasteiger partial charge in [-0.15, -0.1) is 0 Å². The van der Waals surface area contributed by atoms with Crippen LogP contribution in [0, 0.1) is 18.3 Å². The molecule has 0 saturated carbocycles. The van der Waals surface area contributed by atoms with Crippen molar-refractivity contribution in [1.82, 2.24) is 4.57 Å². The molecule has 0 amide bonds. The summed E-state index contributed by atoms with van der Waals surface area (Å²) in [5, 5.41) is 8.51. The summed E-state index contributed by atoms with van der Waals surface area (Å²) >= 11 is 0. The molecule has 0 fully saturated rings. The molecule has 1 heterocycles. The van der Waals surface area contributed by atoms with E-state index in [-0.39, 0.29) is 5.69 Å². The van der Waals surface area contributed by atoms with Gasteiger partial charge < -0.3 is 4.57 Å². The van der Waals surface area contributed by atoms with E-state index in [9.17, 15) is 18.0 Å². The predicted molar refractivity (Wildman–Crippen MR) is 46.1 cm³/mol. The zero-order valence-corrected chi connectivity index (χ0v) is 8.01. The minimum absolute atomic E-state index is 0.159. The van der Waals surface area contributed by atoms with Gasteiger partial charge in [0.05, 0.1) is 5.56 Å². The van der Waals surface area contributed by atoms with Crippen LogP contribution in [-0.4, -0.2) is 4.57 Å². The van der Waals surface area contributed by atoms with Crippen molar-refractivity contribution in [1.29, 1.82) is 5.26 Å². The highest BCUT2D eigenvalue weighted by molar-refractivity contribution is 5.38. The van der Waals surface area contributed by atoms with Gasteiger partial charge in [-0.1, -0.05) is 0 Å². The number of hydrogen-bond donors (Lipinski definition) is 0. The quantitative estimate of drug-likeness (QED) is 0.661. The van der Waals surface area contributed by atoms with Crippen LogP contribution in [0.25, 0.3) is 0 Å². The van der Waals surface area contributed by atoms with E-state index in [1.807, 2.05) is 0 Å². The van der Waals surface area contributed by atoms with Gasteiger partial charge in [-0.05, 0) is 13.0 Å². The predicted octanol–water partition coefficient (Wildman–Crippen LogP) is 1.58. The second-order valence-corrected chi connectivity index (χ2v) is 3.05. The van der Waals surface area contributed by atoms with E-state index in [0.29, 0.717) is 0 Å². The van der Waals surface area contributed by atoms with Gasteiger partial charge in [0.15, 0.2) is 0 Å². The van der Waals surface area contributed by atoms with Crippen molar-refractivity contribution in [2.75, 3.05) is 0 Å². The van der Waals surface area contributed by atoms with Gasteiger partial charge in [0.25, 0.3) is 5.56 Å². The topological polar surface area (TPSA) is 45.8 Å². The van der Waals surface area contributed by atoms with Crippen molar-refractivity contribution in [2.24, 2.45) is 7.05 Å². The first-order valence-electron chi connectivity index (χ1n) is 3.97. The molecule has 15 heavy (non-hydrogen) atoms. The van der Waals surface area contributed by atoms with E-state index in [2.05, 4.69) is 0 Å². The fourth-order valence-electron chi connectivity index (χ4n) is 1.15. The standard InChI is InChI=1S/C9H7F3N2O/c1-5-3-7(9(10,11)12)6(4-13)8(15)14(5)2/h3H,1-2H3. The van der Waals surface area contributed by atoms with E-state index < -0.39 is 22.9 Å². The van der Waals surface area contributed by atoms with Crippen LogP contribution in [-0.2, 0) is 13.2 Å². The van der Waals surface area contributed by atoms with Crippen molar-refractivity contribution < 1.29 is 13.2 Å². The minimum Gasteiger partial charge on any atom is -0.315 e. The third-order valence-electron chi connectivity index (χ3n) is 2.09. The summed E-state index contributed by atoms with van der Waals surface area (Å²) in [4.78, 5) is 11.3. The second-order valence-electron chi connectivity index (χ2n) is 3.05. The summed E-state index contributed by atoms with van der Waals surface area (Å²) in [5.74, 6) is 0. The van der Waals surface area contributed by atoms with Gasteiger partial charge in [0.2, 0.25) is 0 Å². The molecule has 0 aliphatic carbocycles. The molecule has 0 unspecified atom stereocenters. The fraction of sp³-hybridized carbons (Fsp3) is 0.333. The summed E-state index contributed by atoms with van der Waals surface area (Å²) in [6.45, 7) is 1.37. The summed E-state index contributed by atoms with van der Waals surface area (Å²) in [5.41, 5.74) is -2.81. The largest absolute Gasteiger partial charge is 0.417 e. The molecule has 1 aromatic rings. The van der Waals surface area contributed by atoms with E-state index in [4.69, 9.17) is 5.26 Å². The Balaban J connectivity index is 3.71. The number of pyridine rings is 1. The van der Waals surface area contributed by atoms with Crippen molar-refractivity contribution in [3.05, 3.63) is 33.2 Å². The lowest BCUT2D eigenvalue weighted by Gasteiger charge is -2.11. The Bertz CT molecular complexity index is 494. The highest BCUT2D eigenvalue weighted by atomic mass is 19.4. The Hall–Kier alpha value is -1.77. The summed E-state index contributed by atoms with van der Waals surface area (Å²) < 4.78 is 38.3. The molecule has 1 rings (SSSR count). The molecule has 0 radical (unpaired) electrons. The summed E-state index contributed by atoms with van der Waals surface area (Å²) in [6.07, 6.45) is -4.68. The highest BCUT2D eigenvalue weighted by Gasteiger charge is 2.35. The first-order chi connectivity index (χ1) is 6.79. The molecule has 3 nitrogen and oxygen atoms in total. The third kappa shape index (κ3) is 1.86. The van der Waals surface area contributed by atoms with Gasteiger partial charge in [-0.2, -0.15) is 18.4 Å². The number of nitriles is 1. The number of aryl methyl sites for hydroxylation is 1. The lowest BCUT2D eigenvalue weighted by molar-refractivity contribution is -0.138. The first-order valence-corrected chi connectivity index (χ1v) is 3.97. The van der Waals surface area contributed by atoms with Gasteiger partial charge in [-0.25, -0.2) is 0 Å². The molecule has 0 aromatic carbocycles. The number of nitrogens with zero attached hydrogens (tertiary/aromatic N) is 2. The molecule has 80 valence electrons. The molecule has 0 N–H and O–H groups in total. The van der Waals surface area contributed by atoms with Crippen molar-refractivity contribution in [3.63, 3.8) is 0 Å². The molecule has 0 atom stereocenters. The van der Waals surface area contributed by atoms with Crippen LogP contribution in [0.5, 0.6) is 0 Å². The molecule has 0 aliphatic rings. The van der Waals surface area contributed by atoms with Crippen LogP contribution < -0.4 is 5.56 Å². The number of alkyl halides is 3. The van der Waals surface area contributed by atoms with Gasteiger partial charge in [-0.3, -0.25) is 4.79 Å². The zero-order valence-electron chi connectivity index (χ0n) is 8.01. The monoisotopic (exact) mass is 216 g/mol. The Labute approximate surface area is 83.4 Å². The summed E-state index contributed by atoms with van der Waals surface area (Å²) in [7, 11) is 1.32. The number of halogens is 3. The molecular weight excluding hydrogens is 209 g/mol. The molecule has 1 aromatic heterocycles. The molecule has 0 saturated heterocycles. The van der Waals surface area contributed by atoms with Gasteiger partial charge in [0, 0.05) is 12.7 Å². The van der Waals surface area contributed by atoms with Crippen LogP contribution in [0.15, 0.2) is 10.9 Å². The molecular formula is C9H7F3N2O. The highest BCUT2D eigenvalue weighted by Crippen LogP contribution is 2.30. The average molecular weight is 216 g/mol. The van der Waals surface area contributed by atoms with Crippen molar-refractivity contribution in [3.8, 4) is 6.07 Å². The van der Waals surface area contributed by atoms with E-state index >= 15 is 0 Å². The Kier molecular flexibility index (Phi) is 2.58. The lowest BCUT2D eigenvalue weighted by atomic mass is 10.1. The lowest BCUT2D eigenvalue weighted by Crippen LogP contribution is -2.26. The third-order valence-corrected chi connectivity index (χ3v) is 2.09. The van der Waals surface area contributed by atoms with Crippen LogP contribution >= 0.6 is 0 Å². The fourth-order valence-corrected chi connectivity index (χ4v) is 1.15. The maximum absolute atomic E-state index is 12.4. The SMILES string of the molecule is Cc1cc(C(F)(F)F)c(C#N)c(=O)n1C. The maximum Gasteiger partial charge on any atom is 0.417 e. The smallest absolute Gasteiger partial charge is 0.315 e. The Morgan fingerprint density at radius 1 is 1.47 bits per heavy atom. The summed E-state index contributed by atoms with van der Waals surface area (Å²) in [6, 6.07) is 2.08. The number of aromatic nitrogens is 1. The van der Waals surface area contributed by atoms with Gasteiger partial charge >= 0.3 is 6.18 Å². The molecule has 6 heteroatoms. The Morgan fingerprint density at radius 2 is 2.00 bits per heavy atom. The van der Waals surface area contributed by atoms with Crippen LogP contribution in [0.4, 0.5) is 13.2 Å². The van der Waals surface area contributed by atoms with E-state index in [1.165, 1.54) is 20.0 Å². The van der Waals surface area contributed by atoms with Crippen molar-refractivity contribution >= 4 is 0 Å². The van der Waals surface area contributed by atoms with Crippen LogP contribution in [0.3, 0.4) is 0 Å². The van der Waals surface area contributed by atoms with E-state index in [0.717, 1.165) is 10.6 Å². The van der Waals surface area contributed by atoms with Crippen LogP contribution in [0.1, 0.15) is 16.8 Å². The molecule has 0 aliphatic heterocycles. The minimum atomic E-state index is -4.68.